The van der Waals surface area contributed by atoms with Crippen LogP contribution in [0, 0.1) is 0 Å². The van der Waals surface area contributed by atoms with Crippen LogP contribution >= 0.6 is 0 Å². The molecule has 0 saturated carbocycles. The summed E-state index contributed by atoms with van der Waals surface area (Å²) in [6.07, 6.45) is 0. The van der Waals surface area contributed by atoms with E-state index in [4.69, 9.17) is 0 Å². The second-order valence-corrected chi connectivity index (χ2v) is 3.91. The van der Waals surface area contributed by atoms with Gasteiger partial charge in [0, 0.05) is 0 Å². The van der Waals surface area contributed by atoms with Gasteiger partial charge in [-0.3, -0.25) is 0 Å². The molecule has 104 valence electrons. The van der Waals surface area contributed by atoms with Crippen LogP contribution < -0.4 is 0 Å². The van der Waals surface area contributed by atoms with Gasteiger partial charge in [-0.15, -0.1) is 5.10 Å². The summed E-state index contributed by atoms with van der Waals surface area (Å²) in [4.78, 5) is 23.4. The fourth-order valence-corrected chi connectivity index (χ4v) is 1.71. The van der Waals surface area contributed by atoms with Crippen LogP contribution in [0.15, 0.2) is 30.3 Å². The first-order chi connectivity index (χ1) is 9.67. The molecule has 7 heteroatoms. The Bertz CT molecular complexity index is 622. The monoisotopic (exact) mass is 275 g/mol. The van der Waals surface area contributed by atoms with Crippen molar-refractivity contribution in [2.45, 2.75) is 6.54 Å². The number of rotatable bonds is 4. The highest BCUT2D eigenvalue weighted by Gasteiger charge is 2.26. The zero-order chi connectivity index (χ0) is 14.5. The minimum absolute atomic E-state index is 0.0248. The van der Waals surface area contributed by atoms with Gasteiger partial charge in [0.1, 0.15) is 0 Å². The molecule has 0 aliphatic rings. The molecule has 2 aromatic rings. The summed E-state index contributed by atoms with van der Waals surface area (Å²) < 4.78 is 10.5. The van der Waals surface area contributed by atoms with E-state index in [1.807, 2.05) is 30.3 Å². The SMILES string of the molecule is COC(=O)c1nnn(Cc2ccccc2)c1C(=O)OC. The summed E-state index contributed by atoms with van der Waals surface area (Å²) >= 11 is 0. The third-order valence-electron chi connectivity index (χ3n) is 2.67. The van der Waals surface area contributed by atoms with Gasteiger partial charge in [-0.2, -0.15) is 0 Å². The number of nitrogens with zero attached hydrogens (tertiary/aromatic N) is 3. The molecule has 1 heterocycles. The summed E-state index contributed by atoms with van der Waals surface area (Å²) in [7, 11) is 2.43. The van der Waals surface area contributed by atoms with Gasteiger partial charge in [-0.1, -0.05) is 35.5 Å². The highest BCUT2D eigenvalue weighted by molar-refractivity contribution is 6.00. The molecular weight excluding hydrogens is 262 g/mol. The van der Waals surface area contributed by atoms with Gasteiger partial charge in [-0.05, 0) is 5.56 Å². The highest BCUT2D eigenvalue weighted by atomic mass is 16.5. The first kappa shape index (κ1) is 13.7. The summed E-state index contributed by atoms with van der Waals surface area (Å²) in [6, 6.07) is 9.36. The molecule has 1 aromatic heterocycles. The molecule has 0 aliphatic heterocycles. The van der Waals surface area contributed by atoms with Gasteiger partial charge >= 0.3 is 11.9 Å². The van der Waals surface area contributed by atoms with Crippen molar-refractivity contribution < 1.29 is 19.1 Å². The largest absolute Gasteiger partial charge is 0.464 e. The molecule has 0 aliphatic carbocycles. The lowest BCUT2D eigenvalue weighted by atomic mass is 10.2. The van der Waals surface area contributed by atoms with Gasteiger partial charge in [0.15, 0.2) is 5.69 Å². The first-order valence-corrected chi connectivity index (χ1v) is 5.81. The van der Waals surface area contributed by atoms with E-state index < -0.39 is 11.9 Å². The summed E-state index contributed by atoms with van der Waals surface area (Å²) in [5, 5.41) is 7.50. The van der Waals surface area contributed by atoms with Crippen LogP contribution in [0.3, 0.4) is 0 Å². The zero-order valence-corrected chi connectivity index (χ0v) is 11.1. The predicted octanol–water partition coefficient (Wildman–Crippen LogP) is 0.900. The molecule has 0 N–H and O–H groups in total. The Morgan fingerprint density at radius 3 is 2.35 bits per heavy atom. The molecule has 0 amide bonds. The number of benzene rings is 1. The van der Waals surface area contributed by atoms with Crippen molar-refractivity contribution in [1.29, 1.82) is 0 Å². The Morgan fingerprint density at radius 2 is 1.75 bits per heavy atom. The van der Waals surface area contributed by atoms with Crippen molar-refractivity contribution in [3.8, 4) is 0 Å². The molecule has 2 rings (SSSR count). The van der Waals surface area contributed by atoms with Crippen molar-refractivity contribution in [3.63, 3.8) is 0 Å². The van der Waals surface area contributed by atoms with E-state index in [9.17, 15) is 9.59 Å². The molecule has 0 saturated heterocycles. The lowest BCUT2D eigenvalue weighted by molar-refractivity contribution is 0.0544. The quantitative estimate of drug-likeness (QED) is 0.771. The van der Waals surface area contributed by atoms with Gasteiger partial charge in [0.2, 0.25) is 5.69 Å². The molecule has 0 unspecified atom stereocenters. The van der Waals surface area contributed by atoms with Crippen LogP contribution in [0.5, 0.6) is 0 Å². The van der Waals surface area contributed by atoms with Gasteiger partial charge in [0.25, 0.3) is 0 Å². The van der Waals surface area contributed by atoms with E-state index in [0.29, 0.717) is 6.54 Å². The molecule has 20 heavy (non-hydrogen) atoms. The Balaban J connectivity index is 2.40. The van der Waals surface area contributed by atoms with E-state index in [1.165, 1.54) is 18.9 Å². The van der Waals surface area contributed by atoms with Crippen molar-refractivity contribution >= 4 is 11.9 Å². The molecular formula is C13H13N3O4. The molecule has 0 fully saturated rings. The van der Waals surface area contributed by atoms with E-state index in [-0.39, 0.29) is 11.4 Å². The Morgan fingerprint density at radius 1 is 1.10 bits per heavy atom. The van der Waals surface area contributed by atoms with E-state index >= 15 is 0 Å². The minimum Gasteiger partial charge on any atom is -0.464 e. The van der Waals surface area contributed by atoms with Crippen LogP contribution in [0.4, 0.5) is 0 Å². The maximum absolute atomic E-state index is 11.8. The zero-order valence-electron chi connectivity index (χ0n) is 11.1. The normalized spacial score (nSPS) is 10.1. The number of aromatic nitrogens is 3. The smallest absolute Gasteiger partial charge is 0.361 e. The molecule has 0 spiro atoms. The number of ether oxygens (including phenoxy) is 2. The van der Waals surface area contributed by atoms with E-state index in [1.54, 1.807) is 0 Å². The topological polar surface area (TPSA) is 83.3 Å². The maximum Gasteiger partial charge on any atom is 0.361 e. The van der Waals surface area contributed by atoms with Gasteiger partial charge in [0.05, 0.1) is 20.8 Å². The van der Waals surface area contributed by atoms with Gasteiger partial charge < -0.3 is 9.47 Å². The van der Waals surface area contributed by atoms with Crippen LogP contribution in [0.25, 0.3) is 0 Å². The second kappa shape index (κ2) is 5.96. The summed E-state index contributed by atoms with van der Waals surface area (Å²) in [6.45, 7) is 0.301. The molecule has 0 atom stereocenters. The Labute approximate surface area is 115 Å². The van der Waals surface area contributed by atoms with Crippen LogP contribution in [0.2, 0.25) is 0 Å². The van der Waals surface area contributed by atoms with E-state index in [0.717, 1.165) is 5.56 Å². The first-order valence-electron chi connectivity index (χ1n) is 5.81. The van der Waals surface area contributed by atoms with E-state index in [2.05, 4.69) is 19.8 Å². The average molecular weight is 275 g/mol. The third kappa shape index (κ3) is 2.66. The summed E-state index contributed by atoms with van der Waals surface area (Å²) in [5.74, 6) is -1.42. The highest BCUT2D eigenvalue weighted by Crippen LogP contribution is 2.11. The fraction of sp³-hybridized carbons (Fsp3) is 0.231. The third-order valence-corrected chi connectivity index (χ3v) is 2.67. The average Bonchev–Trinajstić information content (AvgIpc) is 2.90. The number of esters is 2. The van der Waals surface area contributed by atoms with Crippen molar-refractivity contribution in [1.82, 2.24) is 15.0 Å². The molecule has 0 bridgehead atoms. The number of methoxy groups -OCH3 is 2. The number of hydrogen-bond donors (Lipinski definition) is 0. The Hall–Kier alpha value is -2.70. The Kier molecular flexibility index (Phi) is 4.09. The van der Waals surface area contributed by atoms with Crippen molar-refractivity contribution in [2.24, 2.45) is 0 Å². The maximum atomic E-state index is 11.8. The van der Waals surface area contributed by atoms with Crippen LogP contribution in [-0.2, 0) is 16.0 Å². The lowest BCUT2D eigenvalue weighted by Gasteiger charge is -2.05. The number of carbonyl (C=O) groups excluding carboxylic acids is 2. The van der Waals surface area contributed by atoms with Crippen molar-refractivity contribution in [3.05, 3.63) is 47.3 Å². The van der Waals surface area contributed by atoms with Crippen LogP contribution in [-0.4, -0.2) is 41.2 Å². The predicted molar refractivity (Wildman–Crippen MR) is 68.2 cm³/mol. The molecule has 0 radical (unpaired) electrons. The molecule has 7 nitrogen and oxygen atoms in total. The van der Waals surface area contributed by atoms with Crippen molar-refractivity contribution in [2.75, 3.05) is 14.2 Å². The van der Waals surface area contributed by atoms with Gasteiger partial charge in [-0.25, -0.2) is 14.3 Å². The molecule has 1 aromatic carbocycles. The standard InChI is InChI=1S/C13H13N3O4/c1-19-12(17)10-11(13(18)20-2)16(15-14-10)8-9-6-4-3-5-7-9/h3-7H,8H2,1-2H3. The summed E-state index contributed by atoms with van der Waals surface area (Å²) in [5.41, 5.74) is 0.734. The minimum atomic E-state index is -0.732. The lowest BCUT2D eigenvalue weighted by Crippen LogP contribution is -2.17. The number of hydrogen-bond acceptors (Lipinski definition) is 6. The number of carbonyl (C=O) groups is 2. The second-order valence-electron chi connectivity index (χ2n) is 3.91. The fourth-order valence-electron chi connectivity index (χ4n) is 1.71. The van der Waals surface area contributed by atoms with Crippen LogP contribution in [0.1, 0.15) is 26.5 Å².